The molecule has 2 fully saturated rings. The molecule has 3 N–H and O–H groups in total. The van der Waals surface area contributed by atoms with E-state index >= 15 is 0 Å². The smallest absolute Gasteiger partial charge is 0.337 e. The van der Waals surface area contributed by atoms with E-state index in [1.165, 1.54) is 19.2 Å². The van der Waals surface area contributed by atoms with E-state index in [4.69, 9.17) is 10.5 Å². The predicted octanol–water partition coefficient (Wildman–Crippen LogP) is 1.23. The first-order valence-electron chi connectivity index (χ1n) is 7.98. The van der Waals surface area contributed by atoms with Crippen LogP contribution in [-0.2, 0) is 19.8 Å². The second-order valence-corrected chi connectivity index (χ2v) is 6.49. The molecule has 1 amide bonds. The van der Waals surface area contributed by atoms with E-state index in [0.717, 1.165) is 6.07 Å². The Morgan fingerprint density at radius 1 is 1.25 bits per heavy atom. The quantitative estimate of drug-likeness (QED) is 0.807. The minimum absolute atomic E-state index is 0.139. The topological polar surface area (TPSA) is 90.7 Å². The van der Waals surface area contributed by atoms with Gasteiger partial charge in [0.15, 0.2) is 0 Å². The van der Waals surface area contributed by atoms with Crippen LogP contribution < -0.4 is 11.1 Å². The number of benzene rings is 1. The number of methoxy groups -OCH3 is 1. The Balaban J connectivity index is 1.79. The number of halogens is 1. The molecule has 1 aliphatic heterocycles. The van der Waals surface area contributed by atoms with Crippen molar-refractivity contribution in [2.75, 3.05) is 20.3 Å². The monoisotopic (exact) mass is 336 g/mol. The van der Waals surface area contributed by atoms with Gasteiger partial charge in [0.25, 0.3) is 0 Å². The zero-order valence-electron chi connectivity index (χ0n) is 13.6. The Morgan fingerprint density at radius 3 is 2.46 bits per heavy atom. The van der Waals surface area contributed by atoms with E-state index in [1.807, 2.05) is 0 Å². The third-order valence-electron chi connectivity index (χ3n) is 4.85. The number of hydrogen-bond acceptors (Lipinski definition) is 5. The Labute approximate surface area is 139 Å². The van der Waals surface area contributed by atoms with Crippen LogP contribution in [-0.4, -0.2) is 37.7 Å². The zero-order chi connectivity index (χ0) is 17.4. The largest absolute Gasteiger partial charge is 0.465 e. The zero-order valence-corrected chi connectivity index (χ0v) is 13.6. The minimum atomic E-state index is -0.976. The van der Waals surface area contributed by atoms with Gasteiger partial charge < -0.3 is 20.5 Å². The summed E-state index contributed by atoms with van der Waals surface area (Å²) in [6.07, 6.45) is 2.16. The van der Waals surface area contributed by atoms with Crippen molar-refractivity contribution < 1.29 is 23.5 Å². The lowest BCUT2D eigenvalue weighted by molar-refractivity contribution is -0.130. The summed E-state index contributed by atoms with van der Waals surface area (Å²) in [7, 11) is 1.24. The number of amides is 1. The van der Waals surface area contributed by atoms with Gasteiger partial charge in [0.05, 0.1) is 23.8 Å². The molecule has 24 heavy (non-hydrogen) atoms. The van der Waals surface area contributed by atoms with Crippen LogP contribution in [0.25, 0.3) is 0 Å². The molecule has 1 aliphatic carbocycles. The Morgan fingerprint density at radius 2 is 1.92 bits per heavy atom. The van der Waals surface area contributed by atoms with Crippen LogP contribution in [0.4, 0.5) is 4.39 Å². The fraction of sp³-hybridized carbons (Fsp3) is 0.529. The second-order valence-electron chi connectivity index (χ2n) is 6.49. The Hall–Kier alpha value is -1.99. The normalized spacial score (nSPS) is 21.0. The summed E-state index contributed by atoms with van der Waals surface area (Å²) in [5.74, 6) is -1.41. The first-order valence-corrected chi connectivity index (χ1v) is 7.98. The summed E-state index contributed by atoms with van der Waals surface area (Å²) in [6, 6.07) is 4.17. The number of ether oxygens (including phenoxy) is 2. The first kappa shape index (κ1) is 16.9. The molecular weight excluding hydrogens is 315 g/mol. The van der Waals surface area contributed by atoms with Gasteiger partial charge in [-0.15, -0.1) is 0 Å². The highest BCUT2D eigenvalue weighted by atomic mass is 19.1. The lowest BCUT2D eigenvalue weighted by Crippen LogP contribution is -2.58. The molecule has 1 saturated heterocycles. The molecule has 0 aromatic heterocycles. The van der Waals surface area contributed by atoms with Crippen molar-refractivity contribution in [2.45, 2.75) is 36.8 Å². The highest BCUT2D eigenvalue weighted by molar-refractivity contribution is 5.89. The highest BCUT2D eigenvalue weighted by Crippen LogP contribution is 2.47. The van der Waals surface area contributed by atoms with Crippen LogP contribution in [0.1, 0.15) is 41.6 Å². The van der Waals surface area contributed by atoms with Crippen molar-refractivity contribution in [1.82, 2.24) is 5.32 Å². The van der Waals surface area contributed by atoms with Crippen LogP contribution in [0.2, 0.25) is 0 Å². The van der Waals surface area contributed by atoms with Crippen LogP contribution in [0.3, 0.4) is 0 Å². The number of rotatable bonds is 4. The lowest BCUT2D eigenvalue weighted by Gasteiger charge is -2.33. The van der Waals surface area contributed by atoms with Crippen LogP contribution >= 0.6 is 0 Å². The van der Waals surface area contributed by atoms with Gasteiger partial charge in [-0.1, -0.05) is 6.07 Å². The molecule has 0 spiro atoms. The van der Waals surface area contributed by atoms with Gasteiger partial charge >= 0.3 is 5.97 Å². The maximum atomic E-state index is 14.5. The number of nitrogens with one attached hydrogen (secondary N) is 1. The molecule has 1 aromatic rings. The van der Waals surface area contributed by atoms with Gasteiger partial charge in [0.1, 0.15) is 5.82 Å². The number of carbonyl (C=O) groups is 2. The van der Waals surface area contributed by atoms with E-state index in [2.05, 4.69) is 10.1 Å². The standard InChI is InChI=1S/C17H21FN2O4/c1-23-14(21)11-2-3-12(13(18)10-11)17(4-5-17)20-15(22)16(19)6-8-24-9-7-16/h2-3,10H,4-9,19H2,1H3,(H,20,22). The SMILES string of the molecule is COC(=O)c1ccc(C2(NC(=O)C3(N)CCOCC3)CC2)c(F)c1. The van der Waals surface area contributed by atoms with E-state index in [9.17, 15) is 14.0 Å². The van der Waals surface area contributed by atoms with Crippen molar-refractivity contribution in [1.29, 1.82) is 0 Å². The van der Waals surface area contributed by atoms with Gasteiger partial charge in [-0.2, -0.15) is 0 Å². The number of nitrogens with two attached hydrogens (primary N) is 1. The Kier molecular flexibility index (Phi) is 4.31. The third kappa shape index (κ3) is 3.01. The molecular formula is C17H21FN2O4. The maximum Gasteiger partial charge on any atom is 0.337 e. The molecule has 1 heterocycles. The lowest BCUT2D eigenvalue weighted by atomic mass is 9.89. The average molecular weight is 336 g/mol. The Bertz CT molecular complexity index is 667. The fourth-order valence-corrected chi connectivity index (χ4v) is 3.04. The predicted molar refractivity (Wildman–Crippen MR) is 83.8 cm³/mol. The van der Waals surface area contributed by atoms with Crippen LogP contribution in [0.15, 0.2) is 18.2 Å². The number of carbonyl (C=O) groups excluding carboxylic acids is 2. The van der Waals surface area contributed by atoms with Crippen molar-refractivity contribution in [2.24, 2.45) is 5.73 Å². The van der Waals surface area contributed by atoms with Crippen LogP contribution in [0.5, 0.6) is 0 Å². The second kappa shape index (κ2) is 6.14. The van der Waals surface area contributed by atoms with Gasteiger partial charge in [-0.05, 0) is 37.8 Å². The van der Waals surface area contributed by atoms with Gasteiger partial charge in [-0.25, -0.2) is 9.18 Å². The summed E-state index contributed by atoms with van der Waals surface area (Å²) in [5, 5.41) is 2.92. The molecule has 3 rings (SSSR count). The summed E-state index contributed by atoms with van der Waals surface area (Å²) in [5.41, 5.74) is 4.99. The molecule has 0 bridgehead atoms. The van der Waals surface area contributed by atoms with E-state index in [-0.39, 0.29) is 11.5 Å². The minimum Gasteiger partial charge on any atom is -0.465 e. The summed E-state index contributed by atoms with van der Waals surface area (Å²) < 4.78 is 24.3. The summed E-state index contributed by atoms with van der Waals surface area (Å²) in [4.78, 5) is 24.1. The molecule has 6 nitrogen and oxygen atoms in total. The highest BCUT2D eigenvalue weighted by Gasteiger charge is 2.50. The van der Waals surface area contributed by atoms with Gasteiger partial charge in [0.2, 0.25) is 5.91 Å². The van der Waals surface area contributed by atoms with Crippen LogP contribution in [0, 0.1) is 5.82 Å². The number of hydrogen-bond donors (Lipinski definition) is 2. The molecule has 2 aliphatic rings. The summed E-state index contributed by atoms with van der Waals surface area (Å²) >= 11 is 0. The van der Waals surface area contributed by atoms with Gasteiger partial charge in [-0.3, -0.25) is 4.79 Å². The maximum absolute atomic E-state index is 14.5. The van der Waals surface area contributed by atoms with E-state index in [1.54, 1.807) is 0 Å². The fourth-order valence-electron chi connectivity index (χ4n) is 3.04. The van der Waals surface area contributed by atoms with Crippen molar-refractivity contribution in [3.63, 3.8) is 0 Å². The van der Waals surface area contributed by atoms with E-state index < -0.39 is 22.9 Å². The average Bonchev–Trinajstić information content (AvgIpc) is 3.35. The molecule has 1 saturated carbocycles. The first-order chi connectivity index (χ1) is 11.4. The summed E-state index contributed by atoms with van der Waals surface area (Å²) in [6.45, 7) is 0.887. The van der Waals surface area contributed by atoms with Crippen molar-refractivity contribution in [3.8, 4) is 0 Å². The third-order valence-corrected chi connectivity index (χ3v) is 4.85. The van der Waals surface area contributed by atoms with Gasteiger partial charge in [0, 0.05) is 18.8 Å². The molecule has 0 radical (unpaired) electrons. The van der Waals surface area contributed by atoms with Crippen molar-refractivity contribution in [3.05, 3.63) is 35.1 Å². The molecule has 130 valence electrons. The molecule has 7 heteroatoms. The number of esters is 1. The van der Waals surface area contributed by atoms with E-state index in [0.29, 0.717) is 44.5 Å². The molecule has 0 atom stereocenters. The molecule has 0 unspecified atom stereocenters. The van der Waals surface area contributed by atoms with Crippen molar-refractivity contribution >= 4 is 11.9 Å². The molecule has 1 aromatic carbocycles.